The van der Waals surface area contributed by atoms with Gasteiger partial charge < -0.3 is 10.8 Å². The highest BCUT2D eigenvalue weighted by Gasteiger charge is 2.41. The van der Waals surface area contributed by atoms with E-state index in [0.29, 0.717) is 0 Å². The fourth-order valence-corrected chi connectivity index (χ4v) is 1.67. The van der Waals surface area contributed by atoms with Crippen molar-refractivity contribution < 1.29 is 18.3 Å². The van der Waals surface area contributed by atoms with Gasteiger partial charge in [-0.05, 0) is 18.8 Å². The maximum atomic E-state index is 12.4. The van der Waals surface area contributed by atoms with Crippen LogP contribution in [-0.2, 0) is 0 Å². The van der Waals surface area contributed by atoms with E-state index in [1.807, 2.05) is 0 Å². The summed E-state index contributed by atoms with van der Waals surface area (Å²) in [5, 5.41) is 8.63. The number of halogens is 3. The Morgan fingerprint density at radius 1 is 1.36 bits per heavy atom. The second-order valence-electron chi connectivity index (χ2n) is 3.71. The van der Waals surface area contributed by atoms with Gasteiger partial charge in [0.05, 0.1) is 12.5 Å². The van der Waals surface area contributed by atoms with Crippen molar-refractivity contribution in [2.75, 3.05) is 6.61 Å². The monoisotopic (exact) mass is 213 g/mol. The lowest BCUT2D eigenvalue weighted by Crippen LogP contribution is -2.34. The summed E-state index contributed by atoms with van der Waals surface area (Å²) in [4.78, 5) is 0. The molecule has 0 rings (SSSR count). The molecule has 0 aliphatic heterocycles. The second-order valence-corrected chi connectivity index (χ2v) is 3.71. The number of nitrogens with two attached hydrogens (primary N) is 1. The summed E-state index contributed by atoms with van der Waals surface area (Å²) in [5.74, 6) is -1.86. The van der Waals surface area contributed by atoms with Gasteiger partial charge in [0.25, 0.3) is 0 Å². The van der Waals surface area contributed by atoms with Gasteiger partial charge in [-0.15, -0.1) is 0 Å². The van der Waals surface area contributed by atoms with Gasteiger partial charge in [-0.1, -0.05) is 13.8 Å². The fourth-order valence-electron chi connectivity index (χ4n) is 1.67. The molecule has 0 aliphatic carbocycles. The van der Waals surface area contributed by atoms with E-state index in [0.717, 1.165) is 0 Å². The molecule has 0 aliphatic rings. The molecule has 0 spiro atoms. The molecule has 0 amide bonds. The van der Waals surface area contributed by atoms with Crippen LogP contribution in [0.1, 0.15) is 26.7 Å². The molecule has 0 aromatic carbocycles. The molecular formula is C9H18F3NO. The molecule has 3 unspecified atom stereocenters. The Kier molecular flexibility index (Phi) is 5.44. The third kappa shape index (κ3) is 4.28. The predicted molar refractivity (Wildman–Crippen MR) is 48.7 cm³/mol. The minimum Gasteiger partial charge on any atom is -0.395 e. The van der Waals surface area contributed by atoms with Crippen LogP contribution in [0.3, 0.4) is 0 Å². The molecular weight excluding hydrogens is 195 g/mol. The highest BCUT2D eigenvalue weighted by Crippen LogP contribution is 2.36. The van der Waals surface area contributed by atoms with Crippen LogP contribution in [0, 0.1) is 11.8 Å². The van der Waals surface area contributed by atoms with Crippen molar-refractivity contribution in [3.63, 3.8) is 0 Å². The summed E-state index contributed by atoms with van der Waals surface area (Å²) in [6.45, 7) is 2.77. The zero-order chi connectivity index (χ0) is 11.4. The third-order valence-electron chi connectivity index (χ3n) is 2.46. The minimum atomic E-state index is -4.16. The van der Waals surface area contributed by atoms with Crippen molar-refractivity contribution in [1.29, 1.82) is 0 Å². The van der Waals surface area contributed by atoms with E-state index in [-0.39, 0.29) is 19.4 Å². The number of hydrogen-bond donors (Lipinski definition) is 2. The molecule has 0 radical (unpaired) electrons. The Balaban J connectivity index is 4.25. The molecule has 3 atom stereocenters. The normalized spacial score (nSPS) is 19.1. The lowest BCUT2D eigenvalue weighted by atomic mass is 9.86. The first kappa shape index (κ1) is 13.7. The van der Waals surface area contributed by atoms with E-state index >= 15 is 0 Å². The largest absolute Gasteiger partial charge is 0.395 e. The van der Waals surface area contributed by atoms with E-state index in [1.54, 1.807) is 0 Å². The van der Waals surface area contributed by atoms with Crippen LogP contribution in [0.25, 0.3) is 0 Å². The molecule has 0 aromatic rings. The molecule has 0 bridgehead atoms. The Labute approximate surface area is 82.3 Å². The zero-order valence-corrected chi connectivity index (χ0v) is 8.51. The smallest absolute Gasteiger partial charge is 0.392 e. The van der Waals surface area contributed by atoms with Gasteiger partial charge in [0.1, 0.15) is 0 Å². The molecule has 0 heterocycles. The second kappa shape index (κ2) is 5.56. The van der Waals surface area contributed by atoms with Gasteiger partial charge in [0.15, 0.2) is 0 Å². The maximum Gasteiger partial charge on any atom is 0.392 e. The number of aliphatic hydroxyl groups is 1. The SMILES string of the molecule is CCC(C(C)CC(N)CO)C(F)(F)F. The Hall–Kier alpha value is -0.290. The molecule has 3 N–H and O–H groups in total. The van der Waals surface area contributed by atoms with E-state index in [1.165, 1.54) is 13.8 Å². The quantitative estimate of drug-likeness (QED) is 0.733. The van der Waals surface area contributed by atoms with Crippen molar-refractivity contribution in [3.05, 3.63) is 0 Å². The summed E-state index contributed by atoms with van der Waals surface area (Å²) < 4.78 is 37.3. The zero-order valence-electron chi connectivity index (χ0n) is 8.51. The van der Waals surface area contributed by atoms with Crippen LogP contribution in [-0.4, -0.2) is 23.9 Å². The van der Waals surface area contributed by atoms with Gasteiger partial charge in [0.2, 0.25) is 0 Å². The van der Waals surface area contributed by atoms with Crippen molar-refractivity contribution in [2.45, 2.75) is 38.9 Å². The first-order chi connectivity index (χ1) is 6.32. The van der Waals surface area contributed by atoms with Gasteiger partial charge in [-0.2, -0.15) is 13.2 Å². The summed E-state index contributed by atoms with van der Waals surface area (Å²) >= 11 is 0. The number of hydrogen-bond acceptors (Lipinski definition) is 2. The highest BCUT2D eigenvalue weighted by molar-refractivity contribution is 4.75. The third-order valence-corrected chi connectivity index (χ3v) is 2.46. The predicted octanol–water partition coefficient (Wildman–Crippen LogP) is 1.92. The topological polar surface area (TPSA) is 46.2 Å². The molecule has 0 saturated heterocycles. The van der Waals surface area contributed by atoms with Crippen molar-refractivity contribution >= 4 is 0 Å². The summed E-state index contributed by atoms with van der Waals surface area (Å²) in [6.07, 6.45) is -3.90. The first-order valence-electron chi connectivity index (χ1n) is 4.76. The molecule has 86 valence electrons. The molecule has 0 saturated carbocycles. The van der Waals surface area contributed by atoms with Crippen LogP contribution >= 0.6 is 0 Å². The summed E-state index contributed by atoms with van der Waals surface area (Å²) in [6, 6.07) is -0.554. The van der Waals surface area contributed by atoms with E-state index in [4.69, 9.17) is 10.8 Å². The highest BCUT2D eigenvalue weighted by atomic mass is 19.4. The lowest BCUT2D eigenvalue weighted by Gasteiger charge is -2.26. The van der Waals surface area contributed by atoms with E-state index < -0.39 is 24.1 Å². The van der Waals surface area contributed by atoms with Crippen LogP contribution < -0.4 is 5.73 Å². The Bertz CT molecular complexity index is 161. The summed E-state index contributed by atoms with van der Waals surface area (Å²) in [5.41, 5.74) is 5.39. The number of rotatable bonds is 5. The first-order valence-corrected chi connectivity index (χ1v) is 4.76. The Morgan fingerprint density at radius 3 is 2.14 bits per heavy atom. The lowest BCUT2D eigenvalue weighted by molar-refractivity contribution is -0.189. The molecule has 0 aromatic heterocycles. The number of alkyl halides is 3. The number of aliphatic hydroxyl groups excluding tert-OH is 1. The van der Waals surface area contributed by atoms with Crippen LogP contribution in [0.4, 0.5) is 13.2 Å². The average Bonchev–Trinajstić information content (AvgIpc) is 2.02. The van der Waals surface area contributed by atoms with Gasteiger partial charge >= 0.3 is 6.18 Å². The van der Waals surface area contributed by atoms with E-state index in [2.05, 4.69) is 0 Å². The molecule has 5 heteroatoms. The van der Waals surface area contributed by atoms with E-state index in [9.17, 15) is 13.2 Å². The molecule has 0 fully saturated rings. The van der Waals surface area contributed by atoms with Crippen molar-refractivity contribution in [1.82, 2.24) is 0 Å². The van der Waals surface area contributed by atoms with Gasteiger partial charge in [0, 0.05) is 6.04 Å². The maximum absolute atomic E-state index is 12.4. The van der Waals surface area contributed by atoms with Crippen molar-refractivity contribution in [2.24, 2.45) is 17.6 Å². The van der Waals surface area contributed by atoms with Crippen LogP contribution in [0.2, 0.25) is 0 Å². The minimum absolute atomic E-state index is 0.0583. The standard InChI is InChI=1S/C9H18F3NO/c1-3-8(9(10,11)12)6(2)4-7(13)5-14/h6-8,14H,3-5,13H2,1-2H3. The summed E-state index contributed by atoms with van der Waals surface area (Å²) in [7, 11) is 0. The molecule has 14 heavy (non-hydrogen) atoms. The van der Waals surface area contributed by atoms with Crippen LogP contribution in [0.15, 0.2) is 0 Å². The Morgan fingerprint density at radius 2 is 1.86 bits per heavy atom. The average molecular weight is 213 g/mol. The van der Waals surface area contributed by atoms with Gasteiger partial charge in [-0.3, -0.25) is 0 Å². The fraction of sp³-hybridized carbons (Fsp3) is 1.00. The van der Waals surface area contributed by atoms with Gasteiger partial charge in [-0.25, -0.2) is 0 Å². The van der Waals surface area contributed by atoms with Crippen LogP contribution in [0.5, 0.6) is 0 Å². The molecule has 2 nitrogen and oxygen atoms in total. The van der Waals surface area contributed by atoms with Crippen molar-refractivity contribution in [3.8, 4) is 0 Å².